The van der Waals surface area contributed by atoms with Crippen LogP contribution in [0, 0.1) is 12.7 Å². The van der Waals surface area contributed by atoms with Gasteiger partial charge in [-0.05, 0) is 24.1 Å². The lowest BCUT2D eigenvalue weighted by atomic mass is 10.1. The third kappa shape index (κ3) is 5.14. The van der Waals surface area contributed by atoms with Crippen LogP contribution >= 0.6 is 0 Å². The smallest absolute Gasteiger partial charge is 0.356 e. The maximum absolute atomic E-state index is 12.6. The van der Waals surface area contributed by atoms with E-state index in [1.54, 1.807) is 19.1 Å². The van der Waals surface area contributed by atoms with Gasteiger partial charge in [-0.25, -0.2) is 23.5 Å². The van der Waals surface area contributed by atoms with Gasteiger partial charge in [0.25, 0.3) is 0 Å². The highest BCUT2D eigenvalue weighted by Crippen LogP contribution is 2.20. The first-order valence-electron chi connectivity index (χ1n) is 8.51. The van der Waals surface area contributed by atoms with Crippen LogP contribution in [0.5, 0.6) is 5.75 Å². The van der Waals surface area contributed by atoms with Gasteiger partial charge in [0, 0.05) is 19.5 Å². The Morgan fingerprint density at radius 3 is 2.50 bits per heavy atom. The highest BCUT2D eigenvalue weighted by Gasteiger charge is 2.20. The van der Waals surface area contributed by atoms with Crippen molar-refractivity contribution in [2.75, 3.05) is 7.11 Å². The molecule has 0 aliphatic carbocycles. The van der Waals surface area contributed by atoms with E-state index in [2.05, 4.69) is 14.8 Å². The molecule has 0 radical (unpaired) electrons. The van der Waals surface area contributed by atoms with Crippen molar-refractivity contribution < 1.29 is 33.4 Å². The molecule has 30 heavy (non-hydrogen) atoms. The predicted molar refractivity (Wildman–Crippen MR) is 102 cm³/mol. The van der Waals surface area contributed by atoms with E-state index < -0.39 is 17.9 Å². The van der Waals surface area contributed by atoms with Crippen molar-refractivity contribution in [3.63, 3.8) is 0 Å². The minimum absolute atomic E-state index is 0.0502. The molecular formula is C19H19FN4O6. The number of benzene rings is 1. The number of fused-ring (bicyclic) bond motifs is 1. The molecule has 0 unspecified atom stereocenters. The first-order valence-corrected chi connectivity index (χ1v) is 8.51. The number of aromatic carboxylic acids is 1. The number of rotatable bonds is 4. The lowest BCUT2D eigenvalue weighted by molar-refractivity contribution is -0.131. The second-order valence-electron chi connectivity index (χ2n) is 5.95. The lowest BCUT2D eigenvalue weighted by Crippen LogP contribution is -2.13. The number of aryl methyl sites for hydroxylation is 1. The second kappa shape index (κ2) is 9.56. The summed E-state index contributed by atoms with van der Waals surface area (Å²) in [6.45, 7) is 3.38. The molecule has 0 atom stereocenters. The van der Waals surface area contributed by atoms with Gasteiger partial charge < -0.3 is 20.3 Å². The summed E-state index contributed by atoms with van der Waals surface area (Å²) in [5, 5.41) is 12.9. The standard InChI is InChI=1S/C11H9N3O6.C8H10FN/c1-5(15)20-8-4-12-14-7(10(16)17)3-6(11(18)19-2)13-9(8)14;1-6-4-7(5-10)2-3-8(6)9/h3-4H,1-2H3,(H,16,17);2-4H,5,10H2,1H3. The SMILES string of the molecule is COC(=O)c1cc(C(=O)O)n2ncc(OC(C)=O)c2n1.Cc1cc(CN)ccc1F. The number of carbonyl (C=O) groups excluding carboxylic acids is 2. The zero-order chi connectivity index (χ0) is 22.4. The van der Waals surface area contributed by atoms with Crippen LogP contribution in [0.25, 0.3) is 5.65 Å². The number of aromatic nitrogens is 3. The van der Waals surface area contributed by atoms with Gasteiger partial charge in [0.15, 0.2) is 22.8 Å². The lowest BCUT2D eigenvalue weighted by Gasteiger charge is -2.04. The van der Waals surface area contributed by atoms with Gasteiger partial charge in [-0.2, -0.15) is 5.10 Å². The second-order valence-corrected chi connectivity index (χ2v) is 5.95. The maximum atomic E-state index is 12.6. The van der Waals surface area contributed by atoms with Gasteiger partial charge in [-0.1, -0.05) is 12.1 Å². The van der Waals surface area contributed by atoms with Crippen LogP contribution in [0.15, 0.2) is 30.5 Å². The first kappa shape index (κ1) is 22.4. The number of hydrogen-bond acceptors (Lipinski definition) is 8. The molecular weight excluding hydrogens is 399 g/mol. The summed E-state index contributed by atoms with van der Waals surface area (Å²) in [5.74, 6) is -2.98. The van der Waals surface area contributed by atoms with E-state index in [1.165, 1.54) is 13.0 Å². The van der Waals surface area contributed by atoms with Crippen LogP contribution < -0.4 is 10.5 Å². The fraction of sp³-hybridized carbons (Fsp3) is 0.211. The summed E-state index contributed by atoms with van der Waals surface area (Å²) in [6.07, 6.45) is 1.14. The van der Waals surface area contributed by atoms with Gasteiger partial charge >= 0.3 is 17.9 Å². The number of ether oxygens (including phenoxy) is 2. The van der Waals surface area contributed by atoms with Crippen LogP contribution in [-0.4, -0.2) is 44.7 Å². The molecule has 158 valence electrons. The van der Waals surface area contributed by atoms with E-state index in [1.807, 2.05) is 0 Å². The Bertz CT molecular complexity index is 1110. The Morgan fingerprint density at radius 1 is 1.27 bits per heavy atom. The predicted octanol–water partition coefficient (Wildman–Crippen LogP) is 1.73. The number of nitrogens with zero attached hydrogens (tertiary/aromatic N) is 3. The van der Waals surface area contributed by atoms with E-state index in [-0.39, 0.29) is 28.6 Å². The Kier molecular flexibility index (Phi) is 7.15. The minimum atomic E-state index is -1.32. The van der Waals surface area contributed by atoms with Gasteiger partial charge in [0.2, 0.25) is 0 Å². The molecule has 0 amide bonds. The van der Waals surface area contributed by atoms with Crippen molar-refractivity contribution in [3.8, 4) is 5.75 Å². The van der Waals surface area contributed by atoms with E-state index in [0.29, 0.717) is 12.1 Å². The summed E-state index contributed by atoms with van der Waals surface area (Å²) in [7, 11) is 1.14. The van der Waals surface area contributed by atoms with Crippen molar-refractivity contribution >= 4 is 23.6 Å². The molecule has 0 aliphatic heterocycles. The molecule has 0 saturated carbocycles. The number of nitrogens with two attached hydrogens (primary N) is 1. The Labute approximate surface area is 170 Å². The highest BCUT2D eigenvalue weighted by atomic mass is 19.1. The molecule has 0 bridgehead atoms. The summed E-state index contributed by atoms with van der Waals surface area (Å²) < 4.78 is 22.9. The Hall–Kier alpha value is -3.86. The van der Waals surface area contributed by atoms with Crippen LogP contribution in [-0.2, 0) is 16.1 Å². The molecule has 0 saturated heterocycles. The average molecular weight is 418 g/mol. The molecule has 0 fully saturated rings. The van der Waals surface area contributed by atoms with Gasteiger partial charge in [0.05, 0.1) is 13.3 Å². The van der Waals surface area contributed by atoms with Crippen LogP contribution in [0.4, 0.5) is 4.39 Å². The number of esters is 2. The molecule has 3 aromatic rings. The molecule has 1 aromatic carbocycles. The normalized spacial score (nSPS) is 10.2. The molecule has 0 spiro atoms. The summed E-state index contributed by atoms with van der Waals surface area (Å²) >= 11 is 0. The average Bonchev–Trinajstić information content (AvgIpc) is 3.11. The van der Waals surface area contributed by atoms with Gasteiger partial charge in [0.1, 0.15) is 5.82 Å². The number of carboxylic acid groups (broad SMARTS) is 1. The number of carbonyl (C=O) groups is 3. The highest BCUT2D eigenvalue weighted by molar-refractivity contribution is 5.93. The molecule has 2 aromatic heterocycles. The Balaban J connectivity index is 0.000000269. The van der Waals surface area contributed by atoms with Crippen molar-refractivity contribution in [3.05, 3.63) is 58.8 Å². The summed E-state index contributed by atoms with van der Waals surface area (Å²) in [4.78, 5) is 37.5. The van der Waals surface area contributed by atoms with Crippen LogP contribution in [0.1, 0.15) is 39.0 Å². The fourth-order valence-electron chi connectivity index (χ4n) is 2.36. The third-order valence-electron chi connectivity index (χ3n) is 3.76. The number of carboxylic acids is 1. The number of halogens is 1. The van der Waals surface area contributed by atoms with Crippen LogP contribution in [0.3, 0.4) is 0 Å². The summed E-state index contributed by atoms with van der Waals surface area (Å²) in [6, 6.07) is 5.92. The van der Waals surface area contributed by atoms with E-state index >= 15 is 0 Å². The minimum Gasteiger partial charge on any atom is -0.477 e. The summed E-state index contributed by atoms with van der Waals surface area (Å²) in [5.41, 5.74) is 6.36. The molecule has 2 heterocycles. The molecule has 10 nitrogen and oxygen atoms in total. The third-order valence-corrected chi connectivity index (χ3v) is 3.76. The maximum Gasteiger partial charge on any atom is 0.356 e. The largest absolute Gasteiger partial charge is 0.477 e. The van der Waals surface area contributed by atoms with Crippen molar-refractivity contribution in [2.24, 2.45) is 5.73 Å². The zero-order valence-electron chi connectivity index (χ0n) is 16.4. The quantitative estimate of drug-likeness (QED) is 0.605. The first-order chi connectivity index (χ1) is 14.2. The topological polar surface area (TPSA) is 146 Å². The van der Waals surface area contributed by atoms with Crippen molar-refractivity contribution in [2.45, 2.75) is 20.4 Å². The molecule has 11 heteroatoms. The van der Waals surface area contributed by atoms with Crippen LogP contribution in [0.2, 0.25) is 0 Å². The van der Waals surface area contributed by atoms with Crippen molar-refractivity contribution in [1.29, 1.82) is 0 Å². The van der Waals surface area contributed by atoms with Gasteiger partial charge in [-0.3, -0.25) is 4.79 Å². The zero-order valence-corrected chi connectivity index (χ0v) is 16.4. The van der Waals surface area contributed by atoms with E-state index in [4.69, 9.17) is 15.6 Å². The molecule has 0 aliphatic rings. The number of methoxy groups -OCH3 is 1. The van der Waals surface area contributed by atoms with E-state index in [0.717, 1.165) is 29.5 Å². The molecule has 3 N–H and O–H groups in total. The molecule has 3 rings (SSSR count). The number of hydrogen-bond donors (Lipinski definition) is 2. The van der Waals surface area contributed by atoms with Gasteiger partial charge in [-0.15, -0.1) is 0 Å². The van der Waals surface area contributed by atoms with E-state index in [9.17, 15) is 18.8 Å². The Morgan fingerprint density at radius 2 is 1.97 bits per heavy atom. The fourth-order valence-corrected chi connectivity index (χ4v) is 2.36. The van der Waals surface area contributed by atoms with Crippen molar-refractivity contribution in [1.82, 2.24) is 14.6 Å². The monoisotopic (exact) mass is 418 g/mol.